The Morgan fingerprint density at radius 3 is 3.33 bits per heavy atom. The molecule has 4 heteroatoms. The zero-order chi connectivity index (χ0) is 10.5. The van der Waals surface area contributed by atoms with Crippen molar-refractivity contribution in [2.24, 2.45) is 5.92 Å². The second kappa shape index (κ2) is 5.58. The van der Waals surface area contributed by atoms with Crippen LogP contribution in [0.4, 0.5) is 0 Å². The summed E-state index contributed by atoms with van der Waals surface area (Å²) in [7, 11) is 2.04. The van der Waals surface area contributed by atoms with Crippen molar-refractivity contribution in [3.63, 3.8) is 0 Å². The van der Waals surface area contributed by atoms with Gasteiger partial charge in [-0.2, -0.15) is 0 Å². The first kappa shape index (κ1) is 11.0. The van der Waals surface area contributed by atoms with E-state index >= 15 is 0 Å². The molecular formula is C11H19N3S. The number of nitrogens with zero attached hydrogens (tertiary/aromatic N) is 2. The molecule has 15 heavy (non-hydrogen) atoms. The predicted octanol–water partition coefficient (Wildman–Crippen LogP) is 1.23. The molecule has 1 fully saturated rings. The van der Waals surface area contributed by atoms with Crippen molar-refractivity contribution in [2.75, 3.05) is 33.2 Å². The lowest BCUT2D eigenvalue weighted by Crippen LogP contribution is -2.26. The first-order chi connectivity index (χ1) is 7.38. The Morgan fingerprint density at radius 1 is 1.67 bits per heavy atom. The highest BCUT2D eigenvalue weighted by Crippen LogP contribution is 2.15. The van der Waals surface area contributed by atoms with E-state index in [1.54, 1.807) is 11.3 Å². The minimum atomic E-state index is 0.852. The molecule has 1 saturated heterocycles. The summed E-state index contributed by atoms with van der Waals surface area (Å²) < 4.78 is 0. The van der Waals surface area contributed by atoms with Gasteiger partial charge in [0.05, 0.1) is 11.2 Å². The summed E-state index contributed by atoms with van der Waals surface area (Å²) in [6.45, 7) is 4.85. The van der Waals surface area contributed by atoms with Crippen molar-refractivity contribution < 1.29 is 0 Å². The molecule has 0 radical (unpaired) electrons. The molecule has 3 nitrogen and oxygen atoms in total. The van der Waals surface area contributed by atoms with Gasteiger partial charge in [-0.25, -0.2) is 4.98 Å². The minimum Gasteiger partial charge on any atom is -0.319 e. The van der Waals surface area contributed by atoms with E-state index in [0.717, 1.165) is 18.9 Å². The lowest BCUT2D eigenvalue weighted by Gasteiger charge is -2.14. The van der Waals surface area contributed by atoms with E-state index in [4.69, 9.17) is 0 Å². The molecule has 1 aromatic heterocycles. The number of nitrogens with one attached hydrogen (secondary N) is 1. The van der Waals surface area contributed by atoms with E-state index < -0.39 is 0 Å². The van der Waals surface area contributed by atoms with E-state index in [1.807, 2.05) is 12.6 Å². The van der Waals surface area contributed by atoms with Gasteiger partial charge in [0, 0.05) is 24.9 Å². The molecule has 0 bridgehead atoms. The molecule has 2 rings (SSSR count). The number of rotatable bonds is 5. The topological polar surface area (TPSA) is 28.2 Å². The summed E-state index contributed by atoms with van der Waals surface area (Å²) in [4.78, 5) is 6.87. The number of likely N-dealkylation sites (tertiary alicyclic amines) is 1. The van der Waals surface area contributed by atoms with Crippen molar-refractivity contribution in [3.8, 4) is 0 Å². The molecule has 1 N–H and O–H groups in total. The van der Waals surface area contributed by atoms with E-state index in [2.05, 4.69) is 20.6 Å². The third kappa shape index (κ3) is 3.26. The first-order valence-electron chi connectivity index (χ1n) is 5.62. The lowest BCUT2D eigenvalue weighted by atomic mass is 10.1. The summed E-state index contributed by atoms with van der Waals surface area (Å²) in [5, 5.41) is 5.42. The number of aromatic nitrogens is 1. The van der Waals surface area contributed by atoms with Crippen LogP contribution in [0.15, 0.2) is 10.9 Å². The Kier molecular flexibility index (Phi) is 4.11. The van der Waals surface area contributed by atoms with E-state index in [9.17, 15) is 0 Å². The van der Waals surface area contributed by atoms with Crippen LogP contribution in [0.1, 0.15) is 12.1 Å². The molecule has 0 saturated carbocycles. The predicted molar refractivity (Wildman–Crippen MR) is 64.3 cm³/mol. The molecule has 0 aromatic carbocycles. The largest absolute Gasteiger partial charge is 0.319 e. The molecule has 1 aliphatic rings. The van der Waals surface area contributed by atoms with Crippen LogP contribution in [0.5, 0.6) is 0 Å². The molecule has 0 aliphatic carbocycles. The molecule has 1 aromatic rings. The van der Waals surface area contributed by atoms with Crippen molar-refractivity contribution in [3.05, 3.63) is 16.6 Å². The van der Waals surface area contributed by atoms with Gasteiger partial charge in [0.25, 0.3) is 0 Å². The summed E-state index contributed by atoms with van der Waals surface area (Å²) >= 11 is 1.69. The maximum Gasteiger partial charge on any atom is 0.0794 e. The average Bonchev–Trinajstić information content (AvgIpc) is 2.85. The van der Waals surface area contributed by atoms with E-state index in [-0.39, 0.29) is 0 Å². The van der Waals surface area contributed by atoms with Crippen LogP contribution in [-0.2, 0) is 6.42 Å². The highest BCUT2D eigenvalue weighted by atomic mass is 32.1. The second-order valence-electron chi connectivity index (χ2n) is 4.24. The number of hydrogen-bond acceptors (Lipinski definition) is 4. The summed E-state index contributed by atoms with van der Waals surface area (Å²) in [5.41, 5.74) is 3.17. The Balaban J connectivity index is 1.69. The minimum absolute atomic E-state index is 0.852. The van der Waals surface area contributed by atoms with Crippen LogP contribution in [-0.4, -0.2) is 43.1 Å². The first-order valence-corrected chi connectivity index (χ1v) is 6.57. The number of hydrogen-bond donors (Lipinski definition) is 1. The van der Waals surface area contributed by atoms with Crippen molar-refractivity contribution in [2.45, 2.75) is 12.8 Å². The van der Waals surface area contributed by atoms with Gasteiger partial charge in [-0.05, 0) is 32.5 Å². The van der Waals surface area contributed by atoms with Gasteiger partial charge in [-0.15, -0.1) is 11.3 Å². The highest BCUT2D eigenvalue weighted by Gasteiger charge is 2.21. The Bertz CT molecular complexity index is 273. The summed E-state index contributed by atoms with van der Waals surface area (Å²) in [6, 6.07) is 0. The monoisotopic (exact) mass is 225 g/mol. The molecule has 2 heterocycles. The van der Waals surface area contributed by atoms with Crippen molar-refractivity contribution in [1.82, 2.24) is 15.2 Å². The molecule has 0 spiro atoms. The van der Waals surface area contributed by atoms with Crippen LogP contribution < -0.4 is 5.32 Å². The Labute approximate surface area is 95.5 Å². The molecule has 0 amide bonds. The van der Waals surface area contributed by atoms with Crippen molar-refractivity contribution in [1.29, 1.82) is 0 Å². The highest BCUT2D eigenvalue weighted by molar-refractivity contribution is 7.07. The van der Waals surface area contributed by atoms with Gasteiger partial charge in [-0.1, -0.05) is 0 Å². The fourth-order valence-corrected chi connectivity index (χ4v) is 2.80. The smallest absolute Gasteiger partial charge is 0.0794 e. The standard InChI is InChI=1S/C11H19N3S/c1-12-6-10-2-4-14(7-10)5-3-11-8-15-9-13-11/h8-10,12H,2-7H2,1H3. The SMILES string of the molecule is CNCC1CCN(CCc2cscn2)C1. The fraction of sp³-hybridized carbons (Fsp3) is 0.727. The van der Waals surface area contributed by atoms with Gasteiger partial charge in [-0.3, -0.25) is 0 Å². The second-order valence-corrected chi connectivity index (χ2v) is 4.96. The third-order valence-corrected chi connectivity index (χ3v) is 3.67. The number of thiazole rings is 1. The average molecular weight is 225 g/mol. The van der Waals surface area contributed by atoms with E-state index in [0.29, 0.717) is 0 Å². The zero-order valence-electron chi connectivity index (χ0n) is 9.28. The fourth-order valence-electron chi connectivity index (χ4n) is 2.20. The molecular weight excluding hydrogens is 206 g/mol. The molecule has 1 unspecified atom stereocenters. The van der Waals surface area contributed by atoms with Gasteiger partial charge >= 0.3 is 0 Å². The molecule has 1 aliphatic heterocycles. The maximum atomic E-state index is 4.31. The van der Waals surface area contributed by atoms with Crippen LogP contribution >= 0.6 is 11.3 Å². The van der Waals surface area contributed by atoms with E-state index in [1.165, 1.54) is 31.7 Å². The van der Waals surface area contributed by atoms with Crippen molar-refractivity contribution >= 4 is 11.3 Å². The lowest BCUT2D eigenvalue weighted by molar-refractivity contribution is 0.326. The zero-order valence-corrected chi connectivity index (χ0v) is 10.1. The Morgan fingerprint density at radius 2 is 2.60 bits per heavy atom. The quantitative estimate of drug-likeness (QED) is 0.817. The van der Waals surface area contributed by atoms with Gasteiger partial charge in [0.2, 0.25) is 0 Å². The molecule has 84 valence electrons. The Hall–Kier alpha value is -0.450. The van der Waals surface area contributed by atoms with Gasteiger partial charge in [0.15, 0.2) is 0 Å². The van der Waals surface area contributed by atoms with Crippen LogP contribution in [0.2, 0.25) is 0 Å². The third-order valence-electron chi connectivity index (χ3n) is 3.03. The normalized spacial score (nSPS) is 22.3. The van der Waals surface area contributed by atoms with Crippen LogP contribution in [0, 0.1) is 5.92 Å². The summed E-state index contributed by atoms with van der Waals surface area (Å²) in [6.07, 6.45) is 2.45. The van der Waals surface area contributed by atoms with Gasteiger partial charge in [0.1, 0.15) is 0 Å². The maximum absolute atomic E-state index is 4.31. The van der Waals surface area contributed by atoms with Crippen LogP contribution in [0.25, 0.3) is 0 Å². The van der Waals surface area contributed by atoms with Crippen LogP contribution in [0.3, 0.4) is 0 Å². The molecule has 1 atom stereocenters. The van der Waals surface area contributed by atoms with Gasteiger partial charge < -0.3 is 10.2 Å². The summed E-state index contributed by atoms with van der Waals surface area (Å²) in [5.74, 6) is 0.852.